The van der Waals surface area contributed by atoms with E-state index in [0.29, 0.717) is 24.9 Å². The van der Waals surface area contributed by atoms with E-state index in [1.807, 2.05) is 0 Å². The Bertz CT molecular complexity index is 367. The smallest absolute Gasteiger partial charge is 0.371 e. The summed E-state index contributed by atoms with van der Waals surface area (Å²) in [7, 11) is 0. The van der Waals surface area contributed by atoms with Gasteiger partial charge in [0.1, 0.15) is 5.76 Å². The number of furan rings is 1. The fraction of sp³-hybridized carbons (Fsp3) is 0.615. The highest BCUT2D eigenvalue weighted by Gasteiger charge is 2.13. The van der Waals surface area contributed by atoms with E-state index in [9.17, 15) is 4.79 Å². The van der Waals surface area contributed by atoms with Crippen LogP contribution in [-0.4, -0.2) is 17.7 Å². The van der Waals surface area contributed by atoms with E-state index < -0.39 is 5.97 Å². The normalized spacial score (nSPS) is 12.6. The molecule has 0 aromatic carbocycles. The monoisotopic (exact) mass is 240 g/mol. The fourth-order valence-electron chi connectivity index (χ4n) is 1.71. The van der Waals surface area contributed by atoms with Crippen LogP contribution < -0.4 is 0 Å². The van der Waals surface area contributed by atoms with Gasteiger partial charge >= 0.3 is 5.97 Å². The molecule has 1 heterocycles. The van der Waals surface area contributed by atoms with Gasteiger partial charge in [-0.15, -0.1) is 0 Å². The molecule has 1 atom stereocenters. The molecule has 1 aromatic rings. The Morgan fingerprint density at radius 3 is 2.82 bits per heavy atom. The second-order valence-corrected chi connectivity index (χ2v) is 4.41. The molecule has 1 rings (SSSR count). The summed E-state index contributed by atoms with van der Waals surface area (Å²) in [6.07, 6.45) is 2.29. The molecule has 1 N–H and O–H groups in total. The molecule has 1 aromatic heterocycles. The van der Waals surface area contributed by atoms with Gasteiger partial charge in [-0.2, -0.15) is 0 Å². The largest absolute Gasteiger partial charge is 0.475 e. The molecule has 0 radical (unpaired) electrons. The summed E-state index contributed by atoms with van der Waals surface area (Å²) in [5.41, 5.74) is 0.811. The topological polar surface area (TPSA) is 59.7 Å². The second kappa shape index (κ2) is 6.45. The summed E-state index contributed by atoms with van der Waals surface area (Å²) in [6.45, 7) is 7.16. The van der Waals surface area contributed by atoms with Gasteiger partial charge in [-0.1, -0.05) is 20.3 Å². The first kappa shape index (κ1) is 13.8. The van der Waals surface area contributed by atoms with Gasteiger partial charge in [-0.3, -0.25) is 0 Å². The van der Waals surface area contributed by atoms with E-state index in [-0.39, 0.29) is 5.76 Å². The van der Waals surface area contributed by atoms with Gasteiger partial charge in [0.2, 0.25) is 5.76 Å². The lowest BCUT2D eigenvalue weighted by Crippen LogP contribution is -2.05. The maximum absolute atomic E-state index is 10.7. The molecule has 4 heteroatoms. The zero-order valence-electron chi connectivity index (χ0n) is 10.7. The van der Waals surface area contributed by atoms with Gasteiger partial charge < -0.3 is 14.3 Å². The molecule has 0 aliphatic heterocycles. The van der Waals surface area contributed by atoms with Crippen LogP contribution in [0.15, 0.2) is 10.5 Å². The van der Waals surface area contributed by atoms with Crippen molar-refractivity contribution < 1.29 is 19.1 Å². The van der Waals surface area contributed by atoms with Gasteiger partial charge in [0.05, 0.1) is 6.61 Å². The molecule has 0 aliphatic rings. The highest BCUT2D eigenvalue weighted by atomic mass is 16.5. The number of carboxylic acid groups (broad SMARTS) is 1. The maximum Gasteiger partial charge on any atom is 0.371 e. The third-order valence-electron chi connectivity index (χ3n) is 2.67. The Morgan fingerprint density at radius 2 is 2.29 bits per heavy atom. The summed E-state index contributed by atoms with van der Waals surface area (Å²) in [5.74, 6) is 0.0816. The summed E-state index contributed by atoms with van der Waals surface area (Å²) in [6, 6.07) is 1.53. The van der Waals surface area contributed by atoms with Crippen molar-refractivity contribution >= 4 is 5.97 Å². The van der Waals surface area contributed by atoms with Crippen LogP contribution in [0.1, 0.15) is 48.6 Å². The van der Waals surface area contributed by atoms with Gasteiger partial charge in [0.25, 0.3) is 0 Å². The number of carbonyl (C=O) groups is 1. The lowest BCUT2D eigenvalue weighted by molar-refractivity contribution is 0.0661. The predicted octanol–water partition coefficient (Wildman–Crippen LogP) is 3.24. The fourth-order valence-corrected chi connectivity index (χ4v) is 1.71. The van der Waals surface area contributed by atoms with Crippen molar-refractivity contribution in [1.29, 1.82) is 0 Å². The average molecular weight is 240 g/mol. The van der Waals surface area contributed by atoms with Crippen molar-refractivity contribution in [3.05, 3.63) is 23.2 Å². The zero-order valence-corrected chi connectivity index (χ0v) is 10.7. The van der Waals surface area contributed by atoms with Crippen molar-refractivity contribution in [1.82, 2.24) is 0 Å². The summed E-state index contributed by atoms with van der Waals surface area (Å²) in [4.78, 5) is 10.7. The van der Waals surface area contributed by atoms with E-state index in [1.54, 1.807) is 6.92 Å². The van der Waals surface area contributed by atoms with E-state index in [2.05, 4.69) is 13.8 Å². The lowest BCUT2D eigenvalue weighted by Gasteiger charge is -2.10. The third kappa shape index (κ3) is 4.23. The van der Waals surface area contributed by atoms with Crippen molar-refractivity contribution in [2.24, 2.45) is 5.92 Å². The number of hydrogen-bond donors (Lipinski definition) is 1. The Morgan fingerprint density at radius 1 is 1.59 bits per heavy atom. The minimum absolute atomic E-state index is 0.0253. The molecule has 1 unspecified atom stereocenters. The Hall–Kier alpha value is -1.29. The van der Waals surface area contributed by atoms with Crippen molar-refractivity contribution in [3.63, 3.8) is 0 Å². The predicted molar refractivity (Wildman–Crippen MR) is 64.1 cm³/mol. The van der Waals surface area contributed by atoms with Crippen LogP contribution in [0.5, 0.6) is 0 Å². The molecule has 0 aliphatic carbocycles. The van der Waals surface area contributed by atoms with E-state index in [4.69, 9.17) is 14.3 Å². The standard InChI is InChI=1S/C13H20O4/c1-4-5-9(2)7-16-8-11-6-12(13(14)15)17-10(11)3/h6,9H,4-5,7-8H2,1-3H3,(H,14,15). The molecule has 4 nitrogen and oxygen atoms in total. The average Bonchev–Trinajstić information content (AvgIpc) is 2.61. The first-order valence-electron chi connectivity index (χ1n) is 5.95. The molecule has 0 saturated carbocycles. The van der Waals surface area contributed by atoms with Crippen molar-refractivity contribution in [3.8, 4) is 0 Å². The van der Waals surface area contributed by atoms with Crippen LogP contribution in [0.25, 0.3) is 0 Å². The summed E-state index contributed by atoms with van der Waals surface area (Å²) in [5, 5.41) is 8.77. The van der Waals surface area contributed by atoms with Gasteiger partial charge in [-0.05, 0) is 25.3 Å². The molecule has 0 spiro atoms. The Balaban J connectivity index is 2.44. The van der Waals surface area contributed by atoms with Crippen molar-refractivity contribution in [2.75, 3.05) is 6.61 Å². The first-order valence-corrected chi connectivity index (χ1v) is 5.95. The Kier molecular flexibility index (Phi) is 5.22. The first-order chi connectivity index (χ1) is 8.04. The molecular formula is C13H20O4. The maximum atomic E-state index is 10.7. The number of ether oxygens (including phenoxy) is 1. The molecule has 0 fully saturated rings. The van der Waals surface area contributed by atoms with Crippen LogP contribution >= 0.6 is 0 Å². The second-order valence-electron chi connectivity index (χ2n) is 4.41. The van der Waals surface area contributed by atoms with Crippen molar-refractivity contribution in [2.45, 2.75) is 40.2 Å². The third-order valence-corrected chi connectivity index (χ3v) is 2.67. The van der Waals surface area contributed by atoms with Crippen LogP contribution in [0.4, 0.5) is 0 Å². The van der Waals surface area contributed by atoms with E-state index >= 15 is 0 Å². The number of aromatic carboxylic acids is 1. The Labute approximate surface area is 102 Å². The minimum atomic E-state index is -1.04. The van der Waals surface area contributed by atoms with Gasteiger partial charge in [0.15, 0.2) is 0 Å². The molecular weight excluding hydrogens is 220 g/mol. The molecule has 0 amide bonds. The van der Waals surface area contributed by atoms with Crippen LogP contribution in [-0.2, 0) is 11.3 Å². The van der Waals surface area contributed by atoms with E-state index in [0.717, 1.165) is 18.4 Å². The molecule has 0 bridgehead atoms. The number of aryl methyl sites for hydroxylation is 1. The number of carboxylic acids is 1. The molecule has 96 valence electrons. The van der Waals surface area contributed by atoms with Gasteiger partial charge in [-0.25, -0.2) is 4.79 Å². The number of hydrogen-bond acceptors (Lipinski definition) is 3. The minimum Gasteiger partial charge on any atom is -0.475 e. The highest BCUT2D eigenvalue weighted by molar-refractivity contribution is 5.84. The molecule has 17 heavy (non-hydrogen) atoms. The highest BCUT2D eigenvalue weighted by Crippen LogP contribution is 2.16. The lowest BCUT2D eigenvalue weighted by atomic mass is 10.1. The van der Waals surface area contributed by atoms with Crippen LogP contribution in [0.3, 0.4) is 0 Å². The van der Waals surface area contributed by atoms with Crippen LogP contribution in [0.2, 0.25) is 0 Å². The summed E-state index contributed by atoms with van der Waals surface area (Å²) < 4.78 is 10.7. The van der Waals surface area contributed by atoms with Gasteiger partial charge in [0, 0.05) is 12.2 Å². The quantitative estimate of drug-likeness (QED) is 0.794. The number of rotatable bonds is 7. The van der Waals surface area contributed by atoms with Crippen LogP contribution in [0, 0.1) is 12.8 Å². The zero-order chi connectivity index (χ0) is 12.8. The molecule has 0 saturated heterocycles. The SMILES string of the molecule is CCCC(C)COCc1cc(C(=O)O)oc1C. The summed E-state index contributed by atoms with van der Waals surface area (Å²) >= 11 is 0. The van der Waals surface area contributed by atoms with E-state index in [1.165, 1.54) is 6.07 Å².